The van der Waals surface area contributed by atoms with Gasteiger partial charge < -0.3 is 10.1 Å². The van der Waals surface area contributed by atoms with Gasteiger partial charge in [0.05, 0.1) is 22.3 Å². The smallest absolute Gasteiger partial charge is 0.418 e. The van der Waals surface area contributed by atoms with E-state index in [2.05, 4.69) is 21.2 Å². The second kappa shape index (κ2) is 8.38. The second-order valence-electron chi connectivity index (χ2n) is 5.48. The van der Waals surface area contributed by atoms with Gasteiger partial charge >= 0.3 is 6.18 Å². The Bertz CT molecular complexity index is 747. The number of aryl methyl sites for hydroxylation is 1. The summed E-state index contributed by atoms with van der Waals surface area (Å²) in [7, 11) is 0. The van der Waals surface area contributed by atoms with Gasteiger partial charge in [0.25, 0.3) is 0 Å². The van der Waals surface area contributed by atoms with Crippen LogP contribution in [-0.4, -0.2) is 12.5 Å². The van der Waals surface area contributed by atoms with Gasteiger partial charge in [-0.3, -0.25) is 4.79 Å². The summed E-state index contributed by atoms with van der Waals surface area (Å²) in [5, 5.41) is 2.31. The van der Waals surface area contributed by atoms with E-state index in [9.17, 15) is 18.0 Å². The lowest BCUT2D eigenvalue weighted by atomic mass is 10.1. The van der Waals surface area contributed by atoms with Gasteiger partial charge in [0.1, 0.15) is 5.75 Å². The van der Waals surface area contributed by atoms with Crippen molar-refractivity contribution in [3.63, 3.8) is 0 Å². The molecule has 0 aliphatic heterocycles. The first-order chi connectivity index (χ1) is 11.8. The number of anilines is 1. The molecular formula is C18H17BrF3NO2. The highest BCUT2D eigenvalue weighted by Crippen LogP contribution is 2.34. The van der Waals surface area contributed by atoms with E-state index in [-0.39, 0.29) is 18.7 Å². The number of hydrogen-bond acceptors (Lipinski definition) is 2. The van der Waals surface area contributed by atoms with Gasteiger partial charge in [0.15, 0.2) is 0 Å². The molecule has 0 bridgehead atoms. The molecule has 134 valence electrons. The molecule has 7 heteroatoms. The Hall–Kier alpha value is -2.02. The molecule has 1 amide bonds. The van der Waals surface area contributed by atoms with E-state index in [1.165, 1.54) is 18.2 Å². The van der Waals surface area contributed by atoms with E-state index in [0.717, 1.165) is 16.1 Å². The highest BCUT2D eigenvalue weighted by atomic mass is 79.9. The number of para-hydroxylation sites is 1. The van der Waals surface area contributed by atoms with Crippen LogP contribution in [-0.2, 0) is 11.0 Å². The van der Waals surface area contributed by atoms with Gasteiger partial charge in [-0.05, 0) is 59.1 Å². The number of hydrogen-bond donors (Lipinski definition) is 1. The fraction of sp³-hybridized carbons (Fsp3) is 0.278. The average molecular weight is 416 g/mol. The first-order valence-corrected chi connectivity index (χ1v) is 8.41. The van der Waals surface area contributed by atoms with Crippen LogP contribution in [0.1, 0.15) is 24.0 Å². The van der Waals surface area contributed by atoms with Gasteiger partial charge in [-0.15, -0.1) is 0 Å². The Kier molecular flexibility index (Phi) is 6.47. The van der Waals surface area contributed by atoms with Gasteiger partial charge in [-0.1, -0.05) is 18.2 Å². The first kappa shape index (κ1) is 19.3. The van der Waals surface area contributed by atoms with Crippen molar-refractivity contribution < 1.29 is 22.7 Å². The van der Waals surface area contributed by atoms with E-state index in [1.54, 1.807) is 0 Å². The fourth-order valence-corrected chi connectivity index (χ4v) is 2.80. The summed E-state index contributed by atoms with van der Waals surface area (Å²) in [5.41, 5.74) is -0.00711. The van der Waals surface area contributed by atoms with Crippen molar-refractivity contribution in [2.75, 3.05) is 11.9 Å². The zero-order valence-corrected chi connectivity index (χ0v) is 15.1. The largest absolute Gasteiger partial charge is 0.492 e. The van der Waals surface area contributed by atoms with Crippen LogP contribution in [0.2, 0.25) is 0 Å². The van der Waals surface area contributed by atoms with Crippen LogP contribution in [0.25, 0.3) is 0 Å². The summed E-state index contributed by atoms with van der Waals surface area (Å²) in [6.45, 7) is 2.24. The predicted octanol–water partition coefficient (Wildman–Crippen LogP) is 5.57. The Morgan fingerprint density at radius 1 is 1.20 bits per heavy atom. The van der Waals surface area contributed by atoms with Crippen molar-refractivity contribution in [3.8, 4) is 5.75 Å². The van der Waals surface area contributed by atoms with Gasteiger partial charge in [-0.2, -0.15) is 13.2 Å². The molecule has 2 aromatic rings. The van der Waals surface area contributed by atoms with Crippen molar-refractivity contribution in [3.05, 3.63) is 58.1 Å². The molecule has 0 radical (unpaired) electrons. The third-order valence-corrected chi connectivity index (χ3v) is 4.02. The standard InChI is InChI=1S/C18H17BrF3NO2/c1-12-8-9-16(14(19)11-12)25-10-4-7-17(24)23-15-6-3-2-5-13(15)18(20,21)22/h2-3,5-6,8-9,11H,4,7,10H2,1H3,(H,23,24). The predicted molar refractivity (Wildman–Crippen MR) is 93.7 cm³/mol. The zero-order chi connectivity index (χ0) is 18.4. The Morgan fingerprint density at radius 3 is 2.60 bits per heavy atom. The SMILES string of the molecule is Cc1ccc(OCCCC(=O)Nc2ccccc2C(F)(F)F)c(Br)c1. The summed E-state index contributed by atoms with van der Waals surface area (Å²) in [5.74, 6) is 0.177. The molecule has 0 saturated heterocycles. The summed E-state index contributed by atoms with van der Waals surface area (Å²) < 4.78 is 45.0. The number of carbonyl (C=O) groups is 1. The molecule has 0 heterocycles. The van der Waals surface area contributed by atoms with Crippen LogP contribution in [0, 0.1) is 6.92 Å². The van der Waals surface area contributed by atoms with E-state index < -0.39 is 17.6 Å². The quantitative estimate of drug-likeness (QED) is 0.625. The molecule has 0 spiro atoms. The number of rotatable bonds is 6. The minimum absolute atomic E-state index is 0.0652. The molecule has 2 aromatic carbocycles. The Balaban J connectivity index is 1.84. The normalized spacial score (nSPS) is 11.2. The van der Waals surface area contributed by atoms with Gasteiger partial charge in [-0.25, -0.2) is 0 Å². The lowest BCUT2D eigenvalue weighted by Gasteiger charge is -2.13. The minimum Gasteiger partial charge on any atom is -0.492 e. The molecule has 0 aliphatic carbocycles. The summed E-state index contributed by atoms with van der Waals surface area (Å²) >= 11 is 3.39. The number of benzene rings is 2. The van der Waals surface area contributed by atoms with Crippen LogP contribution in [0.4, 0.5) is 18.9 Å². The van der Waals surface area contributed by atoms with Crippen molar-refractivity contribution in [2.24, 2.45) is 0 Å². The number of ether oxygens (including phenoxy) is 1. The van der Waals surface area contributed by atoms with Crippen molar-refractivity contribution in [2.45, 2.75) is 25.9 Å². The van der Waals surface area contributed by atoms with Crippen molar-refractivity contribution in [1.82, 2.24) is 0 Å². The van der Waals surface area contributed by atoms with E-state index in [4.69, 9.17) is 4.74 Å². The first-order valence-electron chi connectivity index (χ1n) is 7.62. The van der Waals surface area contributed by atoms with Gasteiger partial charge in [0, 0.05) is 6.42 Å². The number of amides is 1. The maximum atomic E-state index is 12.9. The van der Waals surface area contributed by atoms with Crippen molar-refractivity contribution >= 4 is 27.5 Å². The molecule has 0 atom stereocenters. The second-order valence-corrected chi connectivity index (χ2v) is 6.33. The lowest BCUT2D eigenvalue weighted by Crippen LogP contribution is -2.17. The van der Waals surface area contributed by atoms with Crippen molar-refractivity contribution in [1.29, 1.82) is 0 Å². The molecule has 0 unspecified atom stereocenters. The van der Waals surface area contributed by atoms with Crippen LogP contribution < -0.4 is 10.1 Å². The highest BCUT2D eigenvalue weighted by molar-refractivity contribution is 9.10. The molecule has 3 nitrogen and oxygen atoms in total. The maximum Gasteiger partial charge on any atom is 0.418 e. The molecule has 0 saturated carbocycles. The molecule has 0 aliphatic rings. The Morgan fingerprint density at radius 2 is 1.92 bits per heavy atom. The number of alkyl halides is 3. The monoisotopic (exact) mass is 415 g/mol. The number of halogens is 4. The van der Waals surface area contributed by atoms with Crippen LogP contribution >= 0.6 is 15.9 Å². The topological polar surface area (TPSA) is 38.3 Å². The molecule has 0 fully saturated rings. The number of nitrogens with one attached hydrogen (secondary N) is 1. The third-order valence-electron chi connectivity index (χ3n) is 3.40. The third kappa shape index (κ3) is 5.77. The molecular weight excluding hydrogens is 399 g/mol. The zero-order valence-electron chi connectivity index (χ0n) is 13.5. The Labute approximate surface area is 152 Å². The van der Waals surface area contributed by atoms with E-state index in [1.807, 2.05) is 25.1 Å². The van der Waals surface area contributed by atoms with E-state index >= 15 is 0 Å². The average Bonchev–Trinajstić information content (AvgIpc) is 2.52. The summed E-state index contributed by atoms with van der Waals surface area (Å²) in [4.78, 5) is 11.9. The number of carbonyl (C=O) groups excluding carboxylic acids is 1. The fourth-order valence-electron chi connectivity index (χ4n) is 2.19. The summed E-state index contributed by atoms with van der Waals surface area (Å²) in [6.07, 6.45) is -4.05. The van der Waals surface area contributed by atoms with Crippen LogP contribution in [0.15, 0.2) is 46.9 Å². The van der Waals surface area contributed by atoms with E-state index in [0.29, 0.717) is 12.2 Å². The lowest BCUT2D eigenvalue weighted by molar-refractivity contribution is -0.137. The van der Waals surface area contributed by atoms with Crippen LogP contribution in [0.5, 0.6) is 5.75 Å². The molecule has 1 N–H and O–H groups in total. The maximum absolute atomic E-state index is 12.9. The highest BCUT2D eigenvalue weighted by Gasteiger charge is 2.33. The van der Waals surface area contributed by atoms with Gasteiger partial charge in [0.2, 0.25) is 5.91 Å². The van der Waals surface area contributed by atoms with Crippen LogP contribution in [0.3, 0.4) is 0 Å². The minimum atomic E-state index is -4.51. The summed E-state index contributed by atoms with van der Waals surface area (Å²) in [6, 6.07) is 10.5. The molecule has 2 rings (SSSR count). The molecule has 25 heavy (non-hydrogen) atoms. The molecule has 0 aromatic heterocycles.